The smallest absolute Gasteiger partial charge is 0.238 e. The minimum Gasteiger partial charge on any atom is -0.492 e. The summed E-state index contributed by atoms with van der Waals surface area (Å²) >= 11 is 1.59. The second kappa shape index (κ2) is 10.4. The second-order valence-corrected chi connectivity index (χ2v) is 10.6. The number of hydrogen-bond donors (Lipinski definition) is 1. The Kier molecular flexibility index (Phi) is 7.88. The van der Waals surface area contributed by atoms with Crippen LogP contribution in [0.5, 0.6) is 5.75 Å². The highest BCUT2D eigenvalue weighted by molar-refractivity contribution is 8.00. The highest BCUT2D eigenvalue weighted by Crippen LogP contribution is 2.45. The summed E-state index contributed by atoms with van der Waals surface area (Å²) in [6.45, 7) is 11.2. The molecular weight excluding hydrogens is 420 g/mol. The fourth-order valence-electron chi connectivity index (χ4n) is 4.28. The van der Waals surface area contributed by atoms with Crippen LogP contribution >= 0.6 is 11.8 Å². The maximum absolute atomic E-state index is 12.8. The van der Waals surface area contributed by atoms with Crippen molar-refractivity contribution in [1.29, 1.82) is 0 Å². The van der Waals surface area contributed by atoms with Crippen LogP contribution in [0.3, 0.4) is 0 Å². The van der Waals surface area contributed by atoms with Gasteiger partial charge in [-0.1, -0.05) is 52.0 Å². The van der Waals surface area contributed by atoms with E-state index < -0.39 is 0 Å². The Bertz CT molecular complexity index is 954. The Hall–Kier alpha value is -2.47. The predicted molar refractivity (Wildman–Crippen MR) is 133 cm³/mol. The zero-order chi connectivity index (χ0) is 23.3. The van der Waals surface area contributed by atoms with Crippen LogP contribution in [-0.2, 0) is 9.59 Å². The Morgan fingerprint density at radius 2 is 1.97 bits per heavy atom. The molecule has 0 bridgehead atoms. The molecule has 2 aromatic rings. The maximum Gasteiger partial charge on any atom is 0.238 e. The summed E-state index contributed by atoms with van der Waals surface area (Å²) in [4.78, 5) is 27.2. The molecule has 0 saturated carbocycles. The average molecular weight is 455 g/mol. The van der Waals surface area contributed by atoms with E-state index in [2.05, 4.69) is 33.0 Å². The summed E-state index contributed by atoms with van der Waals surface area (Å²) < 4.78 is 5.77. The van der Waals surface area contributed by atoms with E-state index in [9.17, 15) is 9.59 Å². The number of amides is 2. The zero-order valence-electron chi connectivity index (χ0n) is 19.7. The first-order chi connectivity index (χ1) is 15.2. The van der Waals surface area contributed by atoms with Gasteiger partial charge in [-0.2, -0.15) is 0 Å². The number of benzene rings is 2. The van der Waals surface area contributed by atoms with Gasteiger partial charge in [-0.25, -0.2) is 0 Å². The van der Waals surface area contributed by atoms with Crippen molar-refractivity contribution in [3.8, 4) is 5.75 Å². The van der Waals surface area contributed by atoms with E-state index >= 15 is 0 Å². The molecule has 0 spiro atoms. The van der Waals surface area contributed by atoms with Crippen molar-refractivity contribution in [3.05, 3.63) is 54.1 Å². The Labute approximate surface area is 195 Å². The third kappa shape index (κ3) is 6.28. The number of ether oxygens (including phenoxy) is 1. The van der Waals surface area contributed by atoms with Crippen molar-refractivity contribution in [1.82, 2.24) is 0 Å². The lowest BCUT2D eigenvalue weighted by molar-refractivity contribution is -0.117. The van der Waals surface area contributed by atoms with Crippen molar-refractivity contribution < 1.29 is 14.3 Å². The van der Waals surface area contributed by atoms with E-state index in [4.69, 9.17) is 4.74 Å². The first kappa shape index (κ1) is 24.2. The molecule has 172 valence electrons. The number of nitrogens with one attached hydrogen (secondary N) is 1. The molecule has 0 radical (unpaired) electrons. The molecule has 1 aliphatic rings. The van der Waals surface area contributed by atoms with Crippen LogP contribution in [-0.4, -0.2) is 24.2 Å². The molecule has 1 N–H and O–H groups in total. The number of anilines is 2. The summed E-state index contributed by atoms with van der Waals surface area (Å²) in [5.74, 6) is 1.50. The van der Waals surface area contributed by atoms with Gasteiger partial charge in [-0.3, -0.25) is 14.5 Å². The van der Waals surface area contributed by atoms with E-state index in [-0.39, 0.29) is 22.6 Å². The van der Waals surface area contributed by atoms with Crippen LogP contribution in [0.25, 0.3) is 0 Å². The molecule has 0 unspecified atom stereocenters. The molecule has 2 atom stereocenters. The molecule has 0 aliphatic carbocycles. The number of carbonyl (C=O) groups is 2. The molecule has 6 heteroatoms. The maximum atomic E-state index is 12.8. The summed E-state index contributed by atoms with van der Waals surface area (Å²) in [6.07, 6.45) is 1.49. The Morgan fingerprint density at radius 3 is 2.69 bits per heavy atom. The largest absolute Gasteiger partial charge is 0.492 e. The molecule has 2 amide bonds. The third-order valence-corrected chi connectivity index (χ3v) is 6.46. The zero-order valence-corrected chi connectivity index (χ0v) is 20.5. The number of thioether (sulfide) groups is 1. The fraction of sp³-hybridized carbons (Fsp3) is 0.462. The normalized spacial score (nSPS) is 17.3. The molecule has 2 aromatic carbocycles. The molecule has 5 nitrogen and oxygen atoms in total. The van der Waals surface area contributed by atoms with Gasteiger partial charge < -0.3 is 10.1 Å². The lowest BCUT2D eigenvalue weighted by Gasteiger charge is -2.26. The van der Waals surface area contributed by atoms with Crippen LogP contribution < -0.4 is 15.0 Å². The standard InChI is InChI=1S/C26H34N2O3S/c1-6-31-22-13-8-7-12-21(22)28-24(30)17-32-25(28)19-10-9-11-20(15-19)27-23(29)14-18(2)16-26(3,4)5/h7-13,15,18,25H,6,14,16-17H2,1-5H3,(H,27,29)/t18-,25-/m0/s1. The van der Waals surface area contributed by atoms with E-state index in [1.54, 1.807) is 11.8 Å². The molecule has 1 saturated heterocycles. The summed E-state index contributed by atoms with van der Waals surface area (Å²) in [7, 11) is 0. The summed E-state index contributed by atoms with van der Waals surface area (Å²) in [6, 6.07) is 15.4. The minimum atomic E-state index is -0.166. The third-order valence-electron chi connectivity index (χ3n) is 5.24. The molecule has 1 heterocycles. The molecule has 1 aliphatic heterocycles. The van der Waals surface area contributed by atoms with Gasteiger partial charge in [0.2, 0.25) is 11.8 Å². The van der Waals surface area contributed by atoms with Crippen LogP contribution in [0.15, 0.2) is 48.5 Å². The van der Waals surface area contributed by atoms with Crippen LogP contribution in [0.4, 0.5) is 11.4 Å². The van der Waals surface area contributed by atoms with Gasteiger partial charge in [-0.15, -0.1) is 11.8 Å². The Morgan fingerprint density at radius 1 is 1.22 bits per heavy atom. The average Bonchev–Trinajstić information content (AvgIpc) is 3.08. The Balaban J connectivity index is 1.77. The van der Waals surface area contributed by atoms with Crippen LogP contribution in [0.2, 0.25) is 0 Å². The van der Waals surface area contributed by atoms with E-state index in [0.717, 1.165) is 23.4 Å². The fourth-order valence-corrected chi connectivity index (χ4v) is 5.44. The number of nitrogens with zero attached hydrogens (tertiary/aromatic N) is 1. The highest BCUT2D eigenvalue weighted by Gasteiger charge is 2.35. The minimum absolute atomic E-state index is 0.0209. The van der Waals surface area contributed by atoms with Gasteiger partial charge in [0, 0.05) is 12.1 Å². The van der Waals surface area contributed by atoms with Gasteiger partial charge >= 0.3 is 0 Å². The van der Waals surface area contributed by atoms with E-state index in [1.807, 2.05) is 60.4 Å². The summed E-state index contributed by atoms with van der Waals surface area (Å²) in [5, 5.41) is 2.88. The van der Waals surface area contributed by atoms with Crippen molar-refractivity contribution in [3.63, 3.8) is 0 Å². The predicted octanol–water partition coefficient (Wildman–Crippen LogP) is 6.26. The van der Waals surface area contributed by atoms with E-state index in [0.29, 0.717) is 30.4 Å². The number of rotatable bonds is 8. The van der Waals surface area contributed by atoms with Gasteiger partial charge in [0.25, 0.3) is 0 Å². The topological polar surface area (TPSA) is 58.6 Å². The van der Waals surface area contributed by atoms with Crippen molar-refractivity contribution in [2.75, 3.05) is 22.6 Å². The van der Waals surface area contributed by atoms with Gasteiger partial charge in [-0.05, 0) is 54.5 Å². The highest BCUT2D eigenvalue weighted by atomic mass is 32.2. The second-order valence-electron chi connectivity index (χ2n) is 9.58. The molecule has 3 rings (SSSR count). The number of para-hydroxylation sites is 2. The van der Waals surface area contributed by atoms with Crippen LogP contribution in [0.1, 0.15) is 58.4 Å². The number of hydrogen-bond acceptors (Lipinski definition) is 4. The summed E-state index contributed by atoms with van der Waals surface area (Å²) in [5.41, 5.74) is 2.72. The lowest BCUT2D eigenvalue weighted by Crippen LogP contribution is -2.28. The quantitative estimate of drug-likeness (QED) is 0.511. The van der Waals surface area contributed by atoms with Crippen molar-refractivity contribution in [2.45, 2.75) is 52.8 Å². The first-order valence-corrected chi connectivity index (χ1v) is 12.3. The molecule has 32 heavy (non-hydrogen) atoms. The lowest BCUT2D eigenvalue weighted by atomic mass is 9.84. The molecule has 0 aromatic heterocycles. The van der Waals surface area contributed by atoms with Gasteiger partial charge in [0.1, 0.15) is 11.1 Å². The molecular formula is C26H34N2O3S. The van der Waals surface area contributed by atoms with Crippen LogP contribution in [0, 0.1) is 11.3 Å². The van der Waals surface area contributed by atoms with Crippen molar-refractivity contribution in [2.24, 2.45) is 11.3 Å². The SMILES string of the molecule is CCOc1ccccc1N1C(=O)CS[C@H]1c1cccc(NC(=O)C[C@H](C)CC(C)(C)C)c1. The number of carbonyl (C=O) groups excluding carboxylic acids is 2. The van der Waals surface area contributed by atoms with Gasteiger partial charge in [0.05, 0.1) is 18.0 Å². The first-order valence-electron chi connectivity index (χ1n) is 11.2. The molecule has 1 fully saturated rings. The van der Waals surface area contributed by atoms with Gasteiger partial charge in [0.15, 0.2) is 0 Å². The van der Waals surface area contributed by atoms with E-state index in [1.165, 1.54) is 0 Å². The monoisotopic (exact) mass is 454 g/mol. The van der Waals surface area contributed by atoms with Crippen molar-refractivity contribution >= 4 is 35.0 Å².